The minimum absolute atomic E-state index is 0.0580. The van der Waals surface area contributed by atoms with Gasteiger partial charge in [0.15, 0.2) is 0 Å². The van der Waals surface area contributed by atoms with E-state index in [1.54, 1.807) is 19.9 Å². The van der Waals surface area contributed by atoms with Gasteiger partial charge in [-0.3, -0.25) is 4.79 Å². The Morgan fingerprint density at radius 2 is 1.83 bits per heavy atom. The van der Waals surface area contributed by atoms with Crippen molar-refractivity contribution in [2.75, 3.05) is 44.2 Å². The average Bonchev–Trinajstić information content (AvgIpc) is 3.50. The summed E-state index contributed by atoms with van der Waals surface area (Å²) in [6.07, 6.45) is 1.37. The zero-order valence-electron chi connectivity index (χ0n) is 19.9. The molecule has 2 fully saturated rings. The molecule has 2 aliphatic heterocycles. The molecule has 0 radical (unpaired) electrons. The Labute approximate surface area is 209 Å². The van der Waals surface area contributed by atoms with Crippen molar-refractivity contribution in [3.05, 3.63) is 47.2 Å². The summed E-state index contributed by atoms with van der Waals surface area (Å²) in [5.41, 5.74) is 1.16. The summed E-state index contributed by atoms with van der Waals surface area (Å²) in [4.78, 5) is 23.3. The van der Waals surface area contributed by atoms with Gasteiger partial charge in [0.05, 0.1) is 15.7 Å². The Kier molecular flexibility index (Phi) is 6.65. The van der Waals surface area contributed by atoms with Crippen LogP contribution in [0.3, 0.4) is 0 Å². The van der Waals surface area contributed by atoms with E-state index in [1.807, 2.05) is 23.1 Å². The van der Waals surface area contributed by atoms with Crippen LogP contribution in [0.25, 0.3) is 10.7 Å². The third-order valence-corrected chi connectivity index (χ3v) is 9.85. The third kappa shape index (κ3) is 4.85. The lowest BCUT2D eigenvalue weighted by atomic mass is 9.97. The molecule has 0 N–H and O–H groups in total. The molecule has 186 valence electrons. The van der Waals surface area contributed by atoms with E-state index in [4.69, 9.17) is 4.52 Å². The average molecular weight is 516 g/mol. The van der Waals surface area contributed by atoms with Gasteiger partial charge in [0.2, 0.25) is 27.6 Å². The predicted molar refractivity (Wildman–Crippen MR) is 134 cm³/mol. The number of piperazine rings is 1. The number of anilines is 1. The summed E-state index contributed by atoms with van der Waals surface area (Å²) in [5.74, 6) is 0.554. The van der Waals surface area contributed by atoms with Gasteiger partial charge in [-0.15, -0.1) is 11.3 Å². The molecule has 9 nitrogen and oxygen atoms in total. The van der Waals surface area contributed by atoms with Crippen LogP contribution in [-0.2, 0) is 14.8 Å². The largest absolute Gasteiger partial charge is 0.368 e. The number of amides is 1. The number of para-hydroxylation sites is 1. The molecule has 2 aromatic heterocycles. The molecule has 2 aliphatic rings. The third-order valence-electron chi connectivity index (χ3n) is 6.68. The monoisotopic (exact) mass is 515 g/mol. The fourth-order valence-electron chi connectivity index (χ4n) is 4.81. The number of rotatable bonds is 5. The molecule has 0 spiro atoms. The first-order chi connectivity index (χ1) is 16.8. The highest BCUT2D eigenvalue weighted by Crippen LogP contribution is 2.35. The number of thiophene rings is 1. The first-order valence-electron chi connectivity index (χ1n) is 11.8. The molecule has 11 heteroatoms. The van der Waals surface area contributed by atoms with Gasteiger partial charge in [0, 0.05) is 56.8 Å². The first kappa shape index (κ1) is 24.0. The van der Waals surface area contributed by atoms with Crippen molar-refractivity contribution >= 4 is 33.0 Å². The van der Waals surface area contributed by atoms with Gasteiger partial charge in [-0.1, -0.05) is 23.4 Å². The highest BCUT2D eigenvalue weighted by molar-refractivity contribution is 7.89. The van der Waals surface area contributed by atoms with Crippen molar-refractivity contribution in [1.29, 1.82) is 0 Å². The van der Waals surface area contributed by atoms with Crippen LogP contribution in [0.5, 0.6) is 0 Å². The van der Waals surface area contributed by atoms with Crippen LogP contribution in [0, 0.1) is 19.8 Å². The molecule has 4 heterocycles. The molecule has 2 saturated heterocycles. The van der Waals surface area contributed by atoms with E-state index in [-0.39, 0.29) is 23.3 Å². The maximum atomic E-state index is 13.5. The second-order valence-corrected chi connectivity index (χ2v) is 12.2. The molecule has 0 aliphatic carbocycles. The Bertz CT molecular complexity index is 1300. The van der Waals surface area contributed by atoms with Crippen molar-refractivity contribution in [2.45, 2.75) is 31.6 Å². The van der Waals surface area contributed by atoms with Crippen LogP contribution in [0.2, 0.25) is 0 Å². The number of sulfonamides is 1. The molecule has 5 rings (SSSR count). The standard InChI is InChI=1S/C24H29N5O4S2/c1-17-22(15-21(34-17)23-25-18(2)33-26-23)35(31,32)29-10-6-7-19(16-29)24(30)28-13-11-27(12-14-28)20-8-4-3-5-9-20/h3-5,8-9,15,19H,6-7,10-14,16H2,1-2H3/t19-/m1/s1. The van der Waals surface area contributed by atoms with E-state index in [2.05, 4.69) is 27.2 Å². The van der Waals surface area contributed by atoms with Crippen LogP contribution in [-0.4, -0.2) is 72.9 Å². The molecular formula is C24H29N5O4S2. The summed E-state index contributed by atoms with van der Waals surface area (Å²) in [6.45, 7) is 6.95. The van der Waals surface area contributed by atoms with Gasteiger partial charge in [-0.2, -0.15) is 9.29 Å². The lowest BCUT2D eigenvalue weighted by molar-refractivity contribution is -0.137. The zero-order chi connectivity index (χ0) is 24.6. The Balaban J connectivity index is 1.26. The van der Waals surface area contributed by atoms with Gasteiger partial charge >= 0.3 is 0 Å². The lowest BCUT2D eigenvalue weighted by Crippen LogP contribution is -2.53. The molecule has 0 saturated carbocycles. The normalized spacial score (nSPS) is 19.8. The first-order valence-corrected chi connectivity index (χ1v) is 14.1. The van der Waals surface area contributed by atoms with E-state index in [0.29, 0.717) is 53.9 Å². The summed E-state index contributed by atoms with van der Waals surface area (Å²) >= 11 is 1.33. The van der Waals surface area contributed by atoms with Gasteiger partial charge in [-0.25, -0.2) is 8.42 Å². The van der Waals surface area contributed by atoms with Crippen LogP contribution < -0.4 is 4.90 Å². The molecule has 1 amide bonds. The Hall–Kier alpha value is -2.76. The number of carbonyl (C=O) groups excluding carboxylic acids is 1. The van der Waals surface area contributed by atoms with E-state index >= 15 is 0 Å². The predicted octanol–water partition coefficient (Wildman–Crippen LogP) is 3.16. The van der Waals surface area contributed by atoms with Crippen LogP contribution in [0.1, 0.15) is 23.6 Å². The van der Waals surface area contributed by atoms with E-state index in [0.717, 1.165) is 18.8 Å². The minimum atomic E-state index is -3.74. The fourth-order valence-corrected chi connectivity index (χ4v) is 7.82. The van der Waals surface area contributed by atoms with E-state index in [9.17, 15) is 13.2 Å². The van der Waals surface area contributed by atoms with Crippen molar-refractivity contribution < 1.29 is 17.7 Å². The topological polar surface area (TPSA) is 99.8 Å². The smallest absolute Gasteiger partial charge is 0.244 e. The number of benzene rings is 1. The molecular weight excluding hydrogens is 486 g/mol. The number of hydrogen-bond acceptors (Lipinski definition) is 8. The maximum absolute atomic E-state index is 13.5. The number of hydrogen-bond donors (Lipinski definition) is 0. The minimum Gasteiger partial charge on any atom is -0.368 e. The number of aromatic nitrogens is 2. The Morgan fingerprint density at radius 1 is 1.09 bits per heavy atom. The van der Waals surface area contributed by atoms with Gasteiger partial charge in [-0.05, 0) is 38.0 Å². The summed E-state index contributed by atoms with van der Waals surface area (Å²) in [7, 11) is -3.74. The molecule has 0 unspecified atom stereocenters. The van der Waals surface area contributed by atoms with Gasteiger partial charge in [0.25, 0.3) is 0 Å². The summed E-state index contributed by atoms with van der Waals surface area (Å²) < 4.78 is 33.6. The Morgan fingerprint density at radius 3 is 2.51 bits per heavy atom. The molecule has 35 heavy (non-hydrogen) atoms. The van der Waals surface area contributed by atoms with Crippen LogP contribution in [0.4, 0.5) is 5.69 Å². The molecule has 1 atom stereocenters. The summed E-state index contributed by atoms with van der Waals surface area (Å²) in [5, 5.41) is 3.91. The second-order valence-electron chi connectivity index (χ2n) is 9.02. The highest BCUT2D eigenvalue weighted by Gasteiger charge is 2.37. The van der Waals surface area contributed by atoms with Crippen LogP contribution in [0.15, 0.2) is 45.8 Å². The number of piperidine rings is 1. The number of carbonyl (C=O) groups is 1. The van der Waals surface area contributed by atoms with E-state index in [1.165, 1.54) is 15.6 Å². The fraction of sp³-hybridized carbons (Fsp3) is 0.458. The highest BCUT2D eigenvalue weighted by atomic mass is 32.2. The lowest BCUT2D eigenvalue weighted by Gasteiger charge is -2.39. The van der Waals surface area contributed by atoms with Crippen LogP contribution >= 0.6 is 11.3 Å². The molecule has 1 aromatic carbocycles. The van der Waals surface area contributed by atoms with E-state index < -0.39 is 10.0 Å². The van der Waals surface area contributed by atoms with Crippen molar-refractivity contribution in [2.24, 2.45) is 5.92 Å². The van der Waals surface area contributed by atoms with Gasteiger partial charge < -0.3 is 14.3 Å². The van der Waals surface area contributed by atoms with Crippen molar-refractivity contribution in [1.82, 2.24) is 19.3 Å². The zero-order valence-corrected chi connectivity index (χ0v) is 21.5. The molecule has 0 bridgehead atoms. The van der Waals surface area contributed by atoms with Crippen molar-refractivity contribution in [3.63, 3.8) is 0 Å². The summed E-state index contributed by atoms with van der Waals surface area (Å²) in [6, 6.07) is 11.8. The SMILES string of the molecule is Cc1nc(-c2cc(S(=O)(=O)N3CCC[C@@H](C(=O)N4CCN(c5ccccc5)CC4)C3)c(C)s2)no1. The quantitative estimate of drug-likeness (QED) is 0.515. The van der Waals surface area contributed by atoms with Crippen molar-refractivity contribution in [3.8, 4) is 10.7 Å². The number of nitrogens with zero attached hydrogens (tertiary/aromatic N) is 5. The molecule has 3 aromatic rings. The second kappa shape index (κ2) is 9.71. The number of aryl methyl sites for hydroxylation is 2. The van der Waals surface area contributed by atoms with Gasteiger partial charge in [0.1, 0.15) is 0 Å². The maximum Gasteiger partial charge on any atom is 0.244 e.